The molecule has 0 aliphatic heterocycles. The van der Waals surface area contributed by atoms with E-state index in [1.54, 1.807) is 0 Å². The molecule has 3 nitrogen and oxygen atoms in total. The molecule has 6 heteroatoms. The summed E-state index contributed by atoms with van der Waals surface area (Å²) in [5, 5.41) is 6.21. The highest BCUT2D eigenvalue weighted by atomic mass is 19.4. The molecule has 0 aliphatic carbocycles. The van der Waals surface area contributed by atoms with E-state index in [2.05, 4.69) is 17.6 Å². The molecule has 0 unspecified atom stereocenters. The van der Waals surface area contributed by atoms with Gasteiger partial charge in [-0.15, -0.1) is 0 Å². The van der Waals surface area contributed by atoms with Crippen LogP contribution in [0, 0.1) is 0 Å². The Bertz CT molecular complexity index is 817. The van der Waals surface area contributed by atoms with Gasteiger partial charge in [0.25, 0.3) is 5.91 Å². The minimum absolute atomic E-state index is 0.0554. The summed E-state index contributed by atoms with van der Waals surface area (Å²) < 4.78 is 37.9. The topological polar surface area (TPSA) is 41.1 Å². The minimum atomic E-state index is -4.31. The molecule has 0 atom stereocenters. The number of benzene rings is 2. The van der Waals surface area contributed by atoms with E-state index in [4.69, 9.17) is 0 Å². The molecule has 2 N–H and O–H groups in total. The Morgan fingerprint density at radius 2 is 1.18 bits per heavy atom. The number of hydrogen-bond acceptors (Lipinski definition) is 2. The minimum Gasteiger partial charge on any atom is -0.352 e. The Morgan fingerprint density at radius 3 is 1.68 bits per heavy atom. The highest BCUT2D eigenvalue weighted by Gasteiger charge is 2.29. The summed E-state index contributed by atoms with van der Waals surface area (Å²) in [6.45, 7) is 3.98. The summed E-state index contributed by atoms with van der Waals surface area (Å²) in [6, 6.07) is 12.6. The average Bonchev–Trinajstić information content (AvgIpc) is 2.82. The van der Waals surface area contributed by atoms with Crippen LogP contribution in [0.2, 0.25) is 0 Å². The molecule has 0 fully saturated rings. The second-order valence-electron chi connectivity index (χ2n) is 8.93. The molecule has 0 saturated heterocycles. The lowest BCUT2D eigenvalue weighted by Gasteiger charge is -2.09. The van der Waals surface area contributed by atoms with Crippen LogP contribution in [0.15, 0.2) is 48.5 Å². The molecule has 188 valence electrons. The predicted octanol–water partition coefficient (Wildman–Crippen LogP) is 7.65. The van der Waals surface area contributed by atoms with Crippen LogP contribution in [0.4, 0.5) is 13.2 Å². The molecule has 0 saturated carbocycles. The third-order valence-electron chi connectivity index (χ3n) is 5.97. The standard InChI is InChI=1S/C28H39F3N2O/c1-2-3-4-5-6-7-8-9-10-11-20-33-27(34)25-16-12-23(13-17-25)21-32-22-24-14-18-26(19-15-24)28(29,30)31/h12-19,32H,2-11,20-22H2,1H3,(H,33,34). The van der Waals surface area contributed by atoms with Crippen molar-refractivity contribution in [3.63, 3.8) is 0 Å². The number of unbranched alkanes of at least 4 members (excludes halogenated alkanes) is 9. The van der Waals surface area contributed by atoms with Gasteiger partial charge < -0.3 is 10.6 Å². The molecule has 2 aromatic carbocycles. The van der Waals surface area contributed by atoms with Gasteiger partial charge in [-0.2, -0.15) is 13.2 Å². The molecular formula is C28H39F3N2O. The number of nitrogens with one attached hydrogen (secondary N) is 2. The van der Waals surface area contributed by atoms with Gasteiger partial charge in [-0.3, -0.25) is 4.79 Å². The van der Waals surface area contributed by atoms with Gasteiger partial charge in [0, 0.05) is 25.2 Å². The lowest BCUT2D eigenvalue weighted by atomic mass is 10.1. The van der Waals surface area contributed by atoms with Crippen LogP contribution in [0.5, 0.6) is 0 Å². The first-order valence-corrected chi connectivity index (χ1v) is 12.6. The van der Waals surface area contributed by atoms with Gasteiger partial charge in [-0.05, 0) is 41.8 Å². The van der Waals surface area contributed by atoms with Crippen molar-refractivity contribution in [2.75, 3.05) is 6.54 Å². The van der Waals surface area contributed by atoms with Gasteiger partial charge in [0.05, 0.1) is 5.56 Å². The second-order valence-corrected chi connectivity index (χ2v) is 8.93. The fourth-order valence-electron chi connectivity index (χ4n) is 3.85. The molecule has 34 heavy (non-hydrogen) atoms. The molecule has 0 bridgehead atoms. The quantitative estimate of drug-likeness (QED) is 0.244. The zero-order chi connectivity index (χ0) is 24.7. The molecule has 0 radical (unpaired) electrons. The number of carbonyl (C=O) groups is 1. The third-order valence-corrected chi connectivity index (χ3v) is 5.97. The SMILES string of the molecule is CCCCCCCCCCCCNC(=O)c1ccc(CNCc2ccc(C(F)(F)F)cc2)cc1. The van der Waals surface area contributed by atoms with Crippen molar-refractivity contribution < 1.29 is 18.0 Å². The van der Waals surface area contributed by atoms with Crippen molar-refractivity contribution in [3.05, 3.63) is 70.8 Å². The summed E-state index contributed by atoms with van der Waals surface area (Å²) >= 11 is 0. The van der Waals surface area contributed by atoms with Gasteiger partial charge in [0.1, 0.15) is 0 Å². The van der Waals surface area contributed by atoms with Gasteiger partial charge >= 0.3 is 6.18 Å². The number of alkyl halides is 3. The lowest BCUT2D eigenvalue weighted by Crippen LogP contribution is -2.24. The van der Waals surface area contributed by atoms with Crippen molar-refractivity contribution in [2.45, 2.75) is 90.4 Å². The van der Waals surface area contributed by atoms with Crippen molar-refractivity contribution >= 4 is 5.91 Å². The van der Waals surface area contributed by atoms with Crippen LogP contribution < -0.4 is 10.6 Å². The second kappa shape index (κ2) is 15.5. The van der Waals surface area contributed by atoms with Gasteiger partial charge in [-0.1, -0.05) is 89.0 Å². The molecule has 0 aromatic heterocycles. The summed E-state index contributed by atoms with van der Waals surface area (Å²) in [6.07, 6.45) is 8.40. The highest BCUT2D eigenvalue weighted by Crippen LogP contribution is 2.29. The van der Waals surface area contributed by atoms with E-state index in [-0.39, 0.29) is 5.91 Å². The van der Waals surface area contributed by atoms with Crippen molar-refractivity contribution in [2.24, 2.45) is 0 Å². The largest absolute Gasteiger partial charge is 0.416 e. The number of hydrogen-bond donors (Lipinski definition) is 2. The van der Waals surface area contributed by atoms with Crippen molar-refractivity contribution in [1.29, 1.82) is 0 Å². The fourth-order valence-corrected chi connectivity index (χ4v) is 3.85. The van der Waals surface area contributed by atoms with E-state index < -0.39 is 11.7 Å². The zero-order valence-electron chi connectivity index (χ0n) is 20.4. The Labute approximate surface area is 202 Å². The molecule has 0 heterocycles. The molecule has 0 spiro atoms. The van der Waals surface area contributed by atoms with Crippen LogP contribution >= 0.6 is 0 Å². The Balaban J connectivity index is 1.57. The first kappa shape index (κ1) is 27.9. The summed E-state index contributed by atoms with van der Waals surface area (Å²) in [5.74, 6) is -0.0554. The normalized spacial score (nSPS) is 11.5. The molecule has 2 aromatic rings. The van der Waals surface area contributed by atoms with Crippen molar-refractivity contribution in [3.8, 4) is 0 Å². The summed E-state index contributed by atoms with van der Waals surface area (Å²) in [5.41, 5.74) is 1.80. The smallest absolute Gasteiger partial charge is 0.352 e. The Morgan fingerprint density at radius 1 is 0.706 bits per heavy atom. The number of halogens is 3. The maximum absolute atomic E-state index is 12.6. The van der Waals surface area contributed by atoms with E-state index in [1.165, 1.54) is 63.5 Å². The van der Waals surface area contributed by atoms with Crippen molar-refractivity contribution in [1.82, 2.24) is 10.6 Å². The highest BCUT2D eigenvalue weighted by molar-refractivity contribution is 5.94. The van der Waals surface area contributed by atoms with Gasteiger partial charge in [0.2, 0.25) is 0 Å². The fraction of sp³-hybridized carbons (Fsp3) is 0.536. The monoisotopic (exact) mass is 476 g/mol. The number of rotatable bonds is 16. The zero-order valence-corrected chi connectivity index (χ0v) is 20.4. The molecule has 1 amide bonds. The Hall–Kier alpha value is -2.34. The van der Waals surface area contributed by atoms with E-state index in [0.717, 1.165) is 36.1 Å². The van der Waals surface area contributed by atoms with Crippen LogP contribution in [0.3, 0.4) is 0 Å². The van der Waals surface area contributed by atoms with Gasteiger partial charge in [0.15, 0.2) is 0 Å². The molecular weight excluding hydrogens is 437 g/mol. The lowest BCUT2D eigenvalue weighted by molar-refractivity contribution is -0.137. The van der Waals surface area contributed by atoms with Crippen LogP contribution in [0.25, 0.3) is 0 Å². The van der Waals surface area contributed by atoms with E-state index in [0.29, 0.717) is 25.2 Å². The van der Waals surface area contributed by atoms with Gasteiger partial charge in [-0.25, -0.2) is 0 Å². The Kier molecular flexibility index (Phi) is 12.8. The third kappa shape index (κ3) is 11.2. The summed E-state index contributed by atoms with van der Waals surface area (Å²) in [7, 11) is 0. The van der Waals surface area contributed by atoms with Crippen LogP contribution in [-0.2, 0) is 19.3 Å². The predicted molar refractivity (Wildman–Crippen MR) is 133 cm³/mol. The number of amides is 1. The molecule has 2 rings (SSSR count). The number of carbonyl (C=O) groups excluding carboxylic acids is 1. The van der Waals surface area contributed by atoms with E-state index in [1.807, 2.05) is 24.3 Å². The van der Waals surface area contributed by atoms with Crippen LogP contribution in [-0.4, -0.2) is 12.5 Å². The maximum atomic E-state index is 12.6. The maximum Gasteiger partial charge on any atom is 0.416 e. The molecule has 0 aliphatic rings. The summed E-state index contributed by atoms with van der Waals surface area (Å²) in [4.78, 5) is 12.3. The first-order valence-electron chi connectivity index (χ1n) is 12.6. The van der Waals surface area contributed by atoms with E-state index >= 15 is 0 Å². The van der Waals surface area contributed by atoms with E-state index in [9.17, 15) is 18.0 Å². The first-order chi connectivity index (χ1) is 16.4. The average molecular weight is 477 g/mol. The van der Waals surface area contributed by atoms with Crippen LogP contribution in [0.1, 0.15) is 98.2 Å².